The highest BCUT2D eigenvalue weighted by molar-refractivity contribution is 6.02. The highest BCUT2D eigenvalue weighted by atomic mass is 16.5. The molecule has 0 aliphatic rings. The summed E-state index contributed by atoms with van der Waals surface area (Å²) in [5.74, 6) is 0.387. The third-order valence-corrected chi connectivity index (χ3v) is 4.07. The molecule has 2 aromatic heterocycles. The van der Waals surface area contributed by atoms with Gasteiger partial charge in [-0.1, -0.05) is 12.1 Å². The first-order valence-corrected chi connectivity index (χ1v) is 8.91. The van der Waals surface area contributed by atoms with Crippen LogP contribution in [0.3, 0.4) is 0 Å². The fourth-order valence-corrected chi connectivity index (χ4v) is 2.59. The molecule has 0 fully saturated rings. The summed E-state index contributed by atoms with van der Waals surface area (Å²) < 4.78 is 12.3. The normalized spacial score (nSPS) is 10.9. The second kappa shape index (κ2) is 9.21. The zero-order valence-corrected chi connectivity index (χ0v) is 16.2. The van der Waals surface area contributed by atoms with Gasteiger partial charge in [0, 0.05) is 12.7 Å². The van der Waals surface area contributed by atoms with Crippen LogP contribution in [0.4, 0.5) is 0 Å². The fourth-order valence-electron chi connectivity index (χ4n) is 2.59. The van der Waals surface area contributed by atoms with Crippen LogP contribution in [0.15, 0.2) is 71.7 Å². The number of ether oxygens (including phenoxy) is 2. The third kappa shape index (κ3) is 4.36. The Hall–Kier alpha value is -4.38. The Morgan fingerprint density at radius 2 is 2.00 bits per heavy atom. The molecule has 0 saturated heterocycles. The lowest BCUT2D eigenvalue weighted by atomic mass is 10.1. The summed E-state index contributed by atoms with van der Waals surface area (Å²) >= 11 is 0. The molecule has 0 atom stereocenters. The van der Waals surface area contributed by atoms with Gasteiger partial charge in [0.05, 0.1) is 7.11 Å². The maximum absolute atomic E-state index is 13.0. The minimum Gasteiger partial charge on any atom is -0.497 e. The van der Waals surface area contributed by atoms with Gasteiger partial charge in [-0.15, -0.1) is 6.58 Å². The number of amides is 1. The Labute approximate surface area is 172 Å². The summed E-state index contributed by atoms with van der Waals surface area (Å²) in [6.07, 6.45) is 4.20. The summed E-state index contributed by atoms with van der Waals surface area (Å²) in [6, 6.07) is 13.6. The molecule has 0 unspecified atom stereocenters. The van der Waals surface area contributed by atoms with Crippen LogP contribution >= 0.6 is 0 Å². The summed E-state index contributed by atoms with van der Waals surface area (Å²) in [4.78, 5) is 29.7. The second-order valence-corrected chi connectivity index (χ2v) is 6.01. The molecule has 3 aromatic rings. The van der Waals surface area contributed by atoms with E-state index in [9.17, 15) is 14.9 Å². The van der Waals surface area contributed by atoms with Crippen molar-refractivity contribution in [3.05, 3.63) is 82.8 Å². The van der Waals surface area contributed by atoms with Crippen LogP contribution in [0.5, 0.6) is 17.4 Å². The van der Waals surface area contributed by atoms with E-state index in [1.54, 1.807) is 55.8 Å². The number of benzene rings is 1. The molecule has 1 N–H and O–H groups in total. The molecule has 1 aromatic carbocycles. The predicted molar refractivity (Wildman–Crippen MR) is 111 cm³/mol. The first-order valence-electron chi connectivity index (χ1n) is 8.91. The van der Waals surface area contributed by atoms with Crippen LogP contribution in [-0.2, 0) is 4.79 Å². The van der Waals surface area contributed by atoms with Crippen molar-refractivity contribution < 1.29 is 14.3 Å². The van der Waals surface area contributed by atoms with Crippen molar-refractivity contribution in [3.63, 3.8) is 0 Å². The molecule has 0 saturated carbocycles. The molecule has 150 valence electrons. The number of hydrogen-bond acceptors (Lipinski definition) is 6. The number of rotatable bonds is 7. The van der Waals surface area contributed by atoms with Gasteiger partial charge in [0.25, 0.3) is 11.5 Å². The summed E-state index contributed by atoms with van der Waals surface area (Å²) in [6.45, 7) is 3.70. The van der Waals surface area contributed by atoms with E-state index in [-0.39, 0.29) is 23.6 Å². The number of methoxy groups -OCH3 is 1. The van der Waals surface area contributed by atoms with Crippen molar-refractivity contribution in [1.29, 1.82) is 5.26 Å². The highest BCUT2D eigenvalue weighted by Gasteiger charge is 2.17. The summed E-state index contributed by atoms with van der Waals surface area (Å²) in [5.41, 5.74) is -0.405. The van der Waals surface area contributed by atoms with Crippen LogP contribution in [0.1, 0.15) is 5.56 Å². The average Bonchev–Trinajstić information content (AvgIpc) is 2.78. The molecule has 0 aliphatic carbocycles. The van der Waals surface area contributed by atoms with Crippen molar-refractivity contribution in [2.75, 3.05) is 13.7 Å². The smallest absolute Gasteiger partial charge is 0.269 e. The Morgan fingerprint density at radius 1 is 1.27 bits per heavy atom. The molecular weight excluding hydrogens is 384 g/mol. The van der Waals surface area contributed by atoms with Gasteiger partial charge in [-0.05, 0) is 42.5 Å². The number of nitrogens with one attached hydrogen (secondary N) is 1. The second-order valence-electron chi connectivity index (χ2n) is 6.01. The number of aromatic nitrogens is 2. The monoisotopic (exact) mass is 402 g/mol. The standard InChI is InChI=1S/C22H18N4O4/c1-3-11-24-20(27)15(14-23)13-18-21(30-17-9-7-16(29-2)8-10-17)25-19-6-4-5-12-26(19)22(18)28/h3-10,12-13H,1,11H2,2H3,(H,24,27)/b15-13-. The van der Waals surface area contributed by atoms with Crippen LogP contribution in [0.25, 0.3) is 11.7 Å². The Morgan fingerprint density at radius 3 is 2.67 bits per heavy atom. The zero-order chi connectivity index (χ0) is 21.5. The number of nitrogens with zero attached hydrogens (tertiary/aromatic N) is 3. The Balaban J connectivity index is 2.13. The van der Waals surface area contributed by atoms with E-state index in [1.807, 2.05) is 6.07 Å². The van der Waals surface area contributed by atoms with E-state index in [2.05, 4.69) is 16.9 Å². The molecule has 2 heterocycles. The lowest BCUT2D eigenvalue weighted by molar-refractivity contribution is -0.116. The quantitative estimate of drug-likeness (QED) is 0.370. The highest BCUT2D eigenvalue weighted by Crippen LogP contribution is 2.25. The van der Waals surface area contributed by atoms with Gasteiger partial charge < -0.3 is 14.8 Å². The molecule has 0 bridgehead atoms. The average molecular weight is 402 g/mol. The number of fused-ring (bicyclic) bond motifs is 1. The number of carbonyl (C=O) groups excluding carboxylic acids is 1. The molecule has 0 radical (unpaired) electrons. The van der Waals surface area contributed by atoms with E-state index < -0.39 is 11.5 Å². The zero-order valence-electron chi connectivity index (χ0n) is 16.2. The number of pyridine rings is 1. The van der Waals surface area contributed by atoms with Gasteiger partial charge in [0.15, 0.2) is 0 Å². The number of carbonyl (C=O) groups is 1. The van der Waals surface area contributed by atoms with E-state index in [0.29, 0.717) is 17.1 Å². The first kappa shape index (κ1) is 20.4. The lowest BCUT2D eigenvalue weighted by Crippen LogP contribution is -2.25. The molecule has 0 spiro atoms. The molecule has 8 heteroatoms. The number of hydrogen-bond donors (Lipinski definition) is 1. The summed E-state index contributed by atoms with van der Waals surface area (Å²) in [7, 11) is 1.55. The molecule has 0 aliphatic heterocycles. The molecule has 30 heavy (non-hydrogen) atoms. The fraction of sp³-hybridized carbons (Fsp3) is 0.0909. The van der Waals surface area contributed by atoms with Crippen LogP contribution < -0.4 is 20.3 Å². The van der Waals surface area contributed by atoms with E-state index in [4.69, 9.17) is 9.47 Å². The molecular formula is C22H18N4O4. The molecule has 1 amide bonds. The van der Waals surface area contributed by atoms with Gasteiger partial charge in [-0.25, -0.2) is 0 Å². The largest absolute Gasteiger partial charge is 0.497 e. The van der Waals surface area contributed by atoms with Gasteiger partial charge >= 0.3 is 0 Å². The van der Waals surface area contributed by atoms with Crippen molar-refractivity contribution in [1.82, 2.24) is 14.7 Å². The van der Waals surface area contributed by atoms with Crippen LogP contribution in [-0.4, -0.2) is 28.9 Å². The van der Waals surface area contributed by atoms with E-state index in [0.717, 1.165) is 0 Å². The number of nitriles is 1. The van der Waals surface area contributed by atoms with Crippen molar-refractivity contribution >= 4 is 17.6 Å². The van der Waals surface area contributed by atoms with Crippen LogP contribution in [0, 0.1) is 11.3 Å². The van der Waals surface area contributed by atoms with Gasteiger partial charge in [0.2, 0.25) is 5.88 Å². The maximum atomic E-state index is 13.0. The topological polar surface area (TPSA) is 106 Å². The van der Waals surface area contributed by atoms with Crippen molar-refractivity contribution in [3.8, 4) is 23.4 Å². The van der Waals surface area contributed by atoms with Crippen LogP contribution in [0.2, 0.25) is 0 Å². The third-order valence-electron chi connectivity index (χ3n) is 4.07. The van der Waals surface area contributed by atoms with E-state index >= 15 is 0 Å². The molecule has 3 rings (SSSR count). The van der Waals surface area contributed by atoms with Gasteiger partial charge in [0.1, 0.15) is 34.4 Å². The summed E-state index contributed by atoms with van der Waals surface area (Å²) in [5, 5.41) is 11.9. The Kier molecular flexibility index (Phi) is 6.25. The lowest BCUT2D eigenvalue weighted by Gasteiger charge is -2.10. The first-order chi connectivity index (χ1) is 14.6. The minimum atomic E-state index is -0.634. The molecule has 8 nitrogen and oxygen atoms in total. The SMILES string of the molecule is C=CCNC(=O)/C(C#N)=C\c1c(Oc2ccc(OC)cc2)nc2ccccn2c1=O. The van der Waals surface area contributed by atoms with E-state index in [1.165, 1.54) is 16.6 Å². The van der Waals surface area contributed by atoms with Gasteiger partial charge in [-0.3, -0.25) is 14.0 Å². The Bertz CT molecular complexity index is 1220. The van der Waals surface area contributed by atoms with Gasteiger partial charge in [-0.2, -0.15) is 10.2 Å². The van der Waals surface area contributed by atoms with Crippen molar-refractivity contribution in [2.45, 2.75) is 0 Å². The predicted octanol–water partition coefficient (Wildman–Crippen LogP) is 2.70. The van der Waals surface area contributed by atoms with Crippen molar-refractivity contribution in [2.24, 2.45) is 0 Å². The maximum Gasteiger partial charge on any atom is 0.269 e. The minimum absolute atomic E-state index is 0.0272.